The van der Waals surface area contributed by atoms with Crippen LogP contribution in [0.2, 0.25) is 0 Å². The molecule has 1 saturated carbocycles. The first kappa shape index (κ1) is 23.0. The summed E-state index contributed by atoms with van der Waals surface area (Å²) in [4.78, 5) is 15.0. The average Bonchev–Trinajstić information content (AvgIpc) is 3.50. The molecule has 1 aliphatic carbocycles. The van der Waals surface area contributed by atoms with E-state index in [1.807, 2.05) is 15.3 Å². The molecule has 3 aromatic rings. The summed E-state index contributed by atoms with van der Waals surface area (Å²) in [5.74, 6) is 1.19. The monoisotopic (exact) mass is 497 g/mol. The number of fused-ring (bicyclic) bond motifs is 1. The van der Waals surface area contributed by atoms with E-state index in [1.54, 1.807) is 0 Å². The number of piperidine rings is 1. The second-order valence-electron chi connectivity index (χ2n) is 10.3. The first-order valence-corrected chi connectivity index (χ1v) is 14.1. The van der Waals surface area contributed by atoms with Gasteiger partial charge in [-0.1, -0.05) is 12.8 Å². The lowest BCUT2D eigenvalue weighted by atomic mass is 9.81. The van der Waals surface area contributed by atoms with Gasteiger partial charge in [-0.25, -0.2) is 9.97 Å². The zero-order chi connectivity index (χ0) is 23.1. The van der Waals surface area contributed by atoms with Gasteiger partial charge in [0.05, 0.1) is 23.9 Å². The van der Waals surface area contributed by atoms with E-state index in [-0.39, 0.29) is 0 Å². The van der Waals surface area contributed by atoms with Gasteiger partial charge in [-0.3, -0.25) is 8.87 Å². The third-order valence-electron chi connectivity index (χ3n) is 8.24. The molecule has 3 aliphatic rings. The Bertz CT molecular complexity index is 1120. The van der Waals surface area contributed by atoms with Crippen molar-refractivity contribution in [3.8, 4) is 11.3 Å². The molecule has 34 heavy (non-hydrogen) atoms. The van der Waals surface area contributed by atoms with E-state index in [0.717, 1.165) is 62.3 Å². The molecule has 0 bridgehead atoms. The lowest BCUT2D eigenvalue weighted by Crippen LogP contribution is -2.44. The van der Waals surface area contributed by atoms with E-state index < -0.39 is 0 Å². The number of hydrogen-bond donors (Lipinski definition) is 1. The zero-order valence-electron chi connectivity index (χ0n) is 20.0. The van der Waals surface area contributed by atoms with Crippen molar-refractivity contribution in [3.05, 3.63) is 34.4 Å². The van der Waals surface area contributed by atoms with Gasteiger partial charge in [0, 0.05) is 53.8 Å². The van der Waals surface area contributed by atoms with Crippen LogP contribution in [0.4, 0.5) is 0 Å². The van der Waals surface area contributed by atoms with Gasteiger partial charge in [0.25, 0.3) is 0 Å². The van der Waals surface area contributed by atoms with Crippen LogP contribution in [0.3, 0.4) is 0 Å². The molecule has 0 atom stereocenters. The largest absolute Gasteiger partial charge is 0.379 e. The van der Waals surface area contributed by atoms with Gasteiger partial charge in [0.2, 0.25) is 0 Å². The van der Waals surface area contributed by atoms with Crippen LogP contribution in [0.25, 0.3) is 22.3 Å². The normalized spacial score (nSPS) is 25.8. The molecular weight excluding hydrogens is 462 g/mol. The Hall–Kier alpha value is -1.45. The number of thiazole rings is 1. The number of hydrogen-bond acceptors (Lipinski definition) is 7. The topological polar surface area (TPSA) is 46.4 Å². The van der Waals surface area contributed by atoms with Crippen molar-refractivity contribution in [2.45, 2.75) is 56.4 Å². The molecule has 6 nitrogen and oxygen atoms in total. The van der Waals surface area contributed by atoms with Gasteiger partial charge >= 0.3 is 0 Å². The van der Waals surface area contributed by atoms with Crippen LogP contribution in [0, 0.1) is 0 Å². The van der Waals surface area contributed by atoms with Gasteiger partial charge in [0.15, 0.2) is 0 Å². The molecule has 2 saturated heterocycles. The Kier molecular flexibility index (Phi) is 6.69. The average molecular weight is 498 g/mol. The van der Waals surface area contributed by atoms with Crippen LogP contribution >= 0.6 is 24.2 Å². The second kappa shape index (κ2) is 9.90. The summed E-state index contributed by atoms with van der Waals surface area (Å²) in [7, 11) is 2.21. The van der Waals surface area contributed by atoms with E-state index in [9.17, 15) is 0 Å². The van der Waals surface area contributed by atoms with E-state index in [4.69, 9.17) is 14.7 Å². The number of thiol groups is 1. The molecule has 0 unspecified atom stereocenters. The molecule has 0 amide bonds. The highest BCUT2D eigenvalue weighted by molar-refractivity contribution is 7.78. The fraction of sp³-hybridized carbons (Fsp3) is 0.615. The van der Waals surface area contributed by atoms with Crippen LogP contribution in [-0.2, 0) is 4.74 Å². The van der Waals surface area contributed by atoms with Gasteiger partial charge in [-0.2, -0.15) is 0 Å². The maximum atomic E-state index is 5.55. The Labute approximate surface area is 211 Å². The van der Waals surface area contributed by atoms with Crippen molar-refractivity contribution >= 4 is 35.2 Å². The summed E-state index contributed by atoms with van der Waals surface area (Å²) in [5.41, 5.74) is 4.54. The smallest absolute Gasteiger partial charge is 0.150 e. The summed E-state index contributed by atoms with van der Waals surface area (Å²) in [6.45, 7) is 6.29. The number of morpholine rings is 1. The predicted molar refractivity (Wildman–Crippen MR) is 142 cm³/mol. The summed E-state index contributed by atoms with van der Waals surface area (Å²) >= 11 is 6.50. The van der Waals surface area contributed by atoms with Crippen LogP contribution in [0.15, 0.2) is 23.8 Å². The number of likely N-dealkylation sites (tertiary alicyclic amines) is 1. The lowest BCUT2D eigenvalue weighted by molar-refractivity contribution is 0.00729. The molecule has 0 N–H and O–H groups in total. The van der Waals surface area contributed by atoms with E-state index in [1.165, 1.54) is 54.5 Å². The van der Waals surface area contributed by atoms with E-state index >= 15 is 0 Å². The molecule has 8 heteroatoms. The zero-order valence-corrected chi connectivity index (χ0v) is 21.7. The van der Waals surface area contributed by atoms with Crippen LogP contribution in [0.1, 0.15) is 60.9 Å². The second-order valence-corrected chi connectivity index (χ2v) is 11.7. The fourth-order valence-electron chi connectivity index (χ4n) is 6.11. The Morgan fingerprint density at radius 3 is 2.53 bits per heavy atom. The van der Waals surface area contributed by atoms with Gasteiger partial charge in [-0.05, 0) is 76.2 Å². The van der Waals surface area contributed by atoms with E-state index in [0.29, 0.717) is 11.8 Å². The Morgan fingerprint density at radius 1 is 1.00 bits per heavy atom. The predicted octanol–water partition coefficient (Wildman–Crippen LogP) is 5.02. The molecule has 3 aromatic heterocycles. The number of pyridine rings is 1. The summed E-state index contributed by atoms with van der Waals surface area (Å²) in [6, 6.07) is 3.09. The molecule has 0 aromatic carbocycles. The summed E-state index contributed by atoms with van der Waals surface area (Å²) < 4.78 is 7.41. The molecule has 0 spiro atoms. The highest BCUT2D eigenvalue weighted by atomic mass is 32.1. The molecule has 6 rings (SSSR count). The third-order valence-corrected chi connectivity index (χ3v) is 9.55. The summed E-state index contributed by atoms with van der Waals surface area (Å²) in [5, 5.41) is 4.70. The van der Waals surface area contributed by atoms with Gasteiger partial charge in [0.1, 0.15) is 5.65 Å². The summed E-state index contributed by atoms with van der Waals surface area (Å²) in [6.07, 6.45) is 11.6. The lowest BCUT2D eigenvalue weighted by Gasteiger charge is -2.38. The first-order valence-electron chi connectivity index (χ1n) is 12.8. The molecule has 5 heterocycles. The number of nitrogens with zero attached hydrogens (tertiary/aromatic N) is 5. The molecule has 0 radical (unpaired) electrons. The van der Waals surface area contributed by atoms with E-state index in [2.05, 4.69) is 53.5 Å². The minimum Gasteiger partial charge on any atom is -0.379 e. The molecule has 2 aliphatic heterocycles. The Morgan fingerprint density at radius 2 is 1.76 bits per heavy atom. The third kappa shape index (κ3) is 4.55. The van der Waals surface area contributed by atoms with Crippen LogP contribution in [0.5, 0.6) is 0 Å². The number of rotatable bonds is 4. The van der Waals surface area contributed by atoms with Crippen LogP contribution < -0.4 is 0 Å². The van der Waals surface area contributed by atoms with Gasteiger partial charge < -0.3 is 9.64 Å². The molecular formula is C26H35N5OS2. The van der Waals surface area contributed by atoms with Crippen molar-refractivity contribution in [2.24, 2.45) is 0 Å². The highest BCUT2D eigenvalue weighted by Gasteiger charge is 2.28. The maximum Gasteiger partial charge on any atom is 0.150 e. The standard InChI is InChI=1S/C26H35N5OS2/c1-29-8-6-19(7-9-29)26-28-24(17-34-26)23-16-31(33)25-22(23)14-20(15-27-25)18-2-4-21(5-3-18)30-10-12-32-13-11-30/h14-19,21,33H,2-13H2,1H3/t18-,21-. The maximum absolute atomic E-state index is 5.55. The minimum absolute atomic E-state index is 0.592. The van der Waals surface area contributed by atoms with Gasteiger partial charge in [-0.15, -0.1) is 11.3 Å². The van der Waals surface area contributed by atoms with Crippen molar-refractivity contribution in [1.29, 1.82) is 0 Å². The van der Waals surface area contributed by atoms with Crippen molar-refractivity contribution in [3.63, 3.8) is 0 Å². The highest BCUT2D eigenvalue weighted by Crippen LogP contribution is 2.39. The van der Waals surface area contributed by atoms with Crippen LogP contribution in [-0.4, -0.2) is 76.2 Å². The minimum atomic E-state index is 0.592. The molecule has 3 fully saturated rings. The van der Waals surface area contributed by atoms with Crippen molar-refractivity contribution in [2.75, 3.05) is 46.4 Å². The first-order chi connectivity index (χ1) is 16.7. The number of aromatic nitrogens is 3. The molecule has 182 valence electrons. The van der Waals surface area contributed by atoms with Crippen molar-refractivity contribution < 1.29 is 4.74 Å². The number of ether oxygens (including phenoxy) is 1. The quantitative estimate of drug-likeness (QED) is 0.513. The van der Waals surface area contributed by atoms with Crippen molar-refractivity contribution in [1.82, 2.24) is 23.7 Å². The SMILES string of the molecule is CN1CCC(c2nc(-c3cn(S)c4ncc([C@H]5CC[C@H](N6CCOCC6)CC5)cc34)cs2)CC1. The fourth-order valence-corrected chi connectivity index (χ4v) is 7.37. The Balaban J connectivity index is 1.21.